The number of anilines is 1. The van der Waals surface area contributed by atoms with E-state index < -0.39 is 0 Å². The summed E-state index contributed by atoms with van der Waals surface area (Å²) in [6, 6.07) is 9.92. The van der Waals surface area contributed by atoms with Crippen LogP contribution in [0.4, 0.5) is 5.69 Å². The van der Waals surface area contributed by atoms with Gasteiger partial charge < -0.3 is 9.64 Å². The monoisotopic (exact) mass is 202 g/mol. The third kappa shape index (κ3) is 2.41. The molecule has 15 heavy (non-hydrogen) atoms. The highest BCUT2D eigenvalue weighted by Crippen LogP contribution is 2.24. The van der Waals surface area contributed by atoms with Gasteiger partial charge in [0.05, 0.1) is 0 Å². The van der Waals surface area contributed by atoms with E-state index in [9.17, 15) is 0 Å². The van der Waals surface area contributed by atoms with Crippen molar-refractivity contribution in [2.75, 3.05) is 24.6 Å². The summed E-state index contributed by atoms with van der Waals surface area (Å²) in [6.07, 6.45) is 2.53. The van der Waals surface area contributed by atoms with Crippen molar-refractivity contribution in [2.24, 2.45) is 0 Å². The third-order valence-electron chi connectivity index (χ3n) is 2.59. The van der Waals surface area contributed by atoms with Gasteiger partial charge >= 0.3 is 0 Å². The molecule has 0 saturated carbocycles. The largest absolute Gasteiger partial charge is 0.479 e. The Morgan fingerprint density at radius 2 is 2.13 bits per heavy atom. The van der Waals surface area contributed by atoms with Gasteiger partial charge in [-0.05, 0) is 25.0 Å². The van der Waals surface area contributed by atoms with E-state index in [0.29, 0.717) is 0 Å². The minimum Gasteiger partial charge on any atom is -0.479 e. The van der Waals surface area contributed by atoms with Gasteiger partial charge in [0.15, 0.2) is 6.61 Å². The predicted molar refractivity (Wildman–Crippen MR) is 59.0 cm³/mol. The van der Waals surface area contributed by atoms with Crippen molar-refractivity contribution in [2.45, 2.75) is 12.8 Å². The van der Waals surface area contributed by atoms with Crippen LogP contribution in [0.1, 0.15) is 12.8 Å². The van der Waals surface area contributed by atoms with Crippen molar-refractivity contribution >= 4 is 5.69 Å². The van der Waals surface area contributed by atoms with Crippen LogP contribution < -0.4 is 9.64 Å². The summed E-state index contributed by atoms with van der Waals surface area (Å²) < 4.78 is 5.27. The van der Waals surface area contributed by atoms with Crippen LogP contribution in [0.3, 0.4) is 0 Å². The normalized spacial score (nSPS) is 15.0. The van der Waals surface area contributed by atoms with Crippen LogP contribution in [0.2, 0.25) is 0 Å². The fourth-order valence-electron chi connectivity index (χ4n) is 1.86. The van der Waals surface area contributed by atoms with Crippen molar-refractivity contribution in [1.29, 1.82) is 5.26 Å². The first-order valence-electron chi connectivity index (χ1n) is 5.25. The predicted octanol–water partition coefficient (Wildman–Crippen LogP) is 2.19. The Balaban J connectivity index is 2.08. The van der Waals surface area contributed by atoms with Crippen molar-refractivity contribution < 1.29 is 4.74 Å². The zero-order valence-corrected chi connectivity index (χ0v) is 8.65. The van der Waals surface area contributed by atoms with Gasteiger partial charge in [-0.3, -0.25) is 0 Å². The summed E-state index contributed by atoms with van der Waals surface area (Å²) in [7, 11) is 0. The molecule has 0 aromatic heterocycles. The van der Waals surface area contributed by atoms with Gasteiger partial charge in [-0.1, -0.05) is 6.07 Å². The van der Waals surface area contributed by atoms with Crippen LogP contribution in [0, 0.1) is 11.3 Å². The number of benzene rings is 1. The molecule has 0 radical (unpaired) electrons. The van der Waals surface area contributed by atoms with Gasteiger partial charge in [-0.25, -0.2) is 0 Å². The molecule has 0 bridgehead atoms. The summed E-state index contributed by atoms with van der Waals surface area (Å²) in [5.41, 5.74) is 1.20. The van der Waals surface area contributed by atoms with Crippen molar-refractivity contribution in [3.05, 3.63) is 24.3 Å². The Hall–Kier alpha value is -1.69. The van der Waals surface area contributed by atoms with Gasteiger partial charge in [0.25, 0.3) is 0 Å². The maximum absolute atomic E-state index is 8.42. The van der Waals surface area contributed by atoms with E-state index in [4.69, 9.17) is 10.00 Å². The molecule has 0 unspecified atom stereocenters. The molecule has 2 rings (SSSR count). The Kier molecular flexibility index (Phi) is 3.08. The standard InChI is InChI=1S/C12H14N2O/c13-6-9-15-12-5-3-4-11(10-12)14-7-1-2-8-14/h3-5,10H,1-2,7-9H2. The second-order valence-corrected chi connectivity index (χ2v) is 3.64. The van der Waals surface area contributed by atoms with Gasteiger partial charge in [-0.15, -0.1) is 0 Å². The van der Waals surface area contributed by atoms with Crippen LogP contribution in [0.5, 0.6) is 5.75 Å². The van der Waals surface area contributed by atoms with E-state index in [1.54, 1.807) is 0 Å². The summed E-state index contributed by atoms with van der Waals surface area (Å²) in [5, 5.41) is 8.42. The molecule has 0 amide bonds. The Labute approximate surface area is 89.9 Å². The molecule has 3 nitrogen and oxygen atoms in total. The second-order valence-electron chi connectivity index (χ2n) is 3.64. The van der Waals surface area contributed by atoms with Gasteiger partial charge in [-0.2, -0.15) is 5.26 Å². The van der Waals surface area contributed by atoms with Crippen LogP contribution in [-0.4, -0.2) is 19.7 Å². The fourth-order valence-corrected chi connectivity index (χ4v) is 1.86. The average Bonchev–Trinajstić information content (AvgIpc) is 2.80. The molecule has 1 aromatic rings. The number of hydrogen-bond acceptors (Lipinski definition) is 3. The van der Waals surface area contributed by atoms with E-state index in [1.807, 2.05) is 24.3 Å². The zero-order valence-electron chi connectivity index (χ0n) is 8.65. The molecule has 1 aromatic carbocycles. The van der Waals surface area contributed by atoms with Crippen molar-refractivity contribution in [1.82, 2.24) is 0 Å². The molecular formula is C12H14N2O. The lowest BCUT2D eigenvalue weighted by Gasteiger charge is -2.18. The highest BCUT2D eigenvalue weighted by atomic mass is 16.5. The zero-order chi connectivity index (χ0) is 10.5. The van der Waals surface area contributed by atoms with Crippen molar-refractivity contribution in [3.8, 4) is 11.8 Å². The number of ether oxygens (including phenoxy) is 1. The van der Waals surface area contributed by atoms with Gasteiger partial charge in [0.2, 0.25) is 0 Å². The first-order valence-corrected chi connectivity index (χ1v) is 5.25. The minimum atomic E-state index is 0.115. The first kappa shape index (κ1) is 9.85. The number of nitriles is 1. The minimum absolute atomic E-state index is 0.115. The topological polar surface area (TPSA) is 36.3 Å². The number of rotatable bonds is 3. The first-order chi connectivity index (χ1) is 7.40. The lowest BCUT2D eigenvalue weighted by atomic mass is 10.3. The number of nitrogens with zero attached hydrogens (tertiary/aromatic N) is 2. The van der Waals surface area contributed by atoms with Crippen LogP contribution >= 0.6 is 0 Å². The molecular weight excluding hydrogens is 188 g/mol. The summed E-state index contributed by atoms with van der Waals surface area (Å²) in [5.74, 6) is 0.779. The molecule has 3 heteroatoms. The van der Waals surface area contributed by atoms with Gasteiger partial charge in [0.1, 0.15) is 11.8 Å². The molecule has 1 aliphatic rings. The van der Waals surface area contributed by atoms with Crippen LogP contribution in [0.15, 0.2) is 24.3 Å². The van der Waals surface area contributed by atoms with E-state index in [0.717, 1.165) is 18.8 Å². The maximum atomic E-state index is 8.42. The molecule has 0 atom stereocenters. The molecule has 0 N–H and O–H groups in total. The quantitative estimate of drug-likeness (QED) is 0.753. The summed E-state index contributed by atoms with van der Waals surface area (Å²) in [6.45, 7) is 2.37. The average molecular weight is 202 g/mol. The molecule has 1 saturated heterocycles. The lowest BCUT2D eigenvalue weighted by molar-refractivity contribution is 0.368. The Morgan fingerprint density at radius 1 is 1.33 bits per heavy atom. The lowest BCUT2D eigenvalue weighted by Crippen LogP contribution is -2.17. The fraction of sp³-hybridized carbons (Fsp3) is 0.417. The Bertz CT molecular complexity index is 364. The van der Waals surface area contributed by atoms with Gasteiger partial charge in [0, 0.05) is 24.8 Å². The maximum Gasteiger partial charge on any atom is 0.174 e. The van der Waals surface area contributed by atoms with E-state index in [2.05, 4.69) is 11.0 Å². The number of hydrogen-bond donors (Lipinski definition) is 0. The third-order valence-corrected chi connectivity index (χ3v) is 2.59. The second kappa shape index (κ2) is 4.70. The highest BCUT2D eigenvalue weighted by molar-refractivity contribution is 5.51. The molecule has 1 fully saturated rings. The molecule has 1 aliphatic heterocycles. The smallest absolute Gasteiger partial charge is 0.174 e. The van der Waals surface area contributed by atoms with E-state index >= 15 is 0 Å². The molecule has 0 aliphatic carbocycles. The van der Waals surface area contributed by atoms with Crippen LogP contribution in [0.25, 0.3) is 0 Å². The van der Waals surface area contributed by atoms with E-state index in [1.165, 1.54) is 18.5 Å². The molecule has 0 spiro atoms. The summed E-state index contributed by atoms with van der Waals surface area (Å²) >= 11 is 0. The van der Waals surface area contributed by atoms with Crippen LogP contribution in [-0.2, 0) is 0 Å². The SMILES string of the molecule is N#CCOc1cccc(N2CCCC2)c1. The van der Waals surface area contributed by atoms with E-state index in [-0.39, 0.29) is 6.61 Å². The Morgan fingerprint density at radius 3 is 2.87 bits per heavy atom. The van der Waals surface area contributed by atoms with Crippen molar-refractivity contribution in [3.63, 3.8) is 0 Å². The molecule has 78 valence electrons. The molecule has 1 heterocycles. The highest BCUT2D eigenvalue weighted by Gasteiger charge is 2.12. The summed E-state index contributed by atoms with van der Waals surface area (Å²) in [4.78, 5) is 2.35.